The lowest BCUT2D eigenvalue weighted by Crippen LogP contribution is -2.48. The summed E-state index contributed by atoms with van der Waals surface area (Å²) < 4.78 is 5.46. The maximum Gasteiger partial charge on any atom is 0.253 e. The smallest absolute Gasteiger partial charge is 0.253 e. The van der Waals surface area contributed by atoms with E-state index < -0.39 is 0 Å². The third-order valence-corrected chi connectivity index (χ3v) is 4.97. The molecule has 122 valence electrons. The highest BCUT2D eigenvalue weighted by atomic mass is 32.1. The SMILES string of the molecule is C[C@@H](NC(=O)c1cccnc1)[C@H](c1cccs1)N1CCOCC1. The lowest BCUT2D eigenvalue weighted by Gasteiger charge is -2.37. The molecule has 0 unspecified atom stereocenters. The van der Waals surface area contributed by atoms with Crippen LogP contribution in [0.3, 0.4) is 0 Å². The second-order valence-corrected chi connectivity index (χ2v) is 6.59. The third-order valence-electron chi connectivity index (χ3n) is 4.03. The Labute approximate surface area is 140 Å². The van der Waals surface area contributed by atoms with Crippen molar-refractivity contribution in [3.05, 3.63) is 52.5 Å². The Morgan fingerprint density at radius 3 is 2.83 bits per heavy atom. The number of ether oxygens (including phenoxy) is 1. The van der Waals surface area contributed by atoms with Crippen molar-refractivity contribution in [2.45, 2.75) is 19.0 Å². The third kappa shape index (κ3) is 3.96. The van der Waals surface area contributed by atoms with Crippen LogP contribution >= 0.6 is 11.3 Å². The number of rotatable bonds is 5. The summed E-state index contributed by atoms with van der Waals surface area (Å²) in [6.07, 6.45) is 3.26. The van der Waals surface area contributed by atoms with Gasteiger partial charge in [-0.3, -0.25) is 14.7 Å². The second-order valence-electron chi connectivity index (χ2n) is 5.61. The maximum absolute atomic E-state index is 12.4. The van der Waals surface area contributed by atoms with Gasteiger partial charge in [-0.25, -0.2) is 0 Å². The van der Waals surface area contributed by atoms with E-state index in [0.29, 0.717) is 5.56 Å². The van der Waals surface area contributed by atoms with Gasteiger partial charge in [0, 0.05) is 36.4 Å². The van der Waals surface area contributed by atoms with Crippen LogP contribution in [0, 0.1) is 0 Å². The normalized spacial score (nSPS) is 18.3. The quantitative estimate of drug-likeness (QED) is 0.914. The molecule has 0 aromatic carbocycles. The highest BCUT2D eigenvalue weighted by molar-refractivity contribution is 7.10. The summed E-state index contributed by atoms with van der Waals surface area (Å²) in [7, 11) is 0. The van der Waals surface area contributed by atoms with E-state index in [1.54, 1.807) is 35.9 Å². The number of morpholine rings is 1. The van der Waals surface area contributed by atoms with E-state index >= 15 is 0 Å². The van der Waals surface area contributed by atoms with Crippen LogP contribution in [0.2, 0.25) is 0 Å². The fraction of sp³-hybridized carbons (Fsp3) is 0.412. The second kappa shape index (κ2) is 7.68. The Kier molecular flexibility index (Phi) is 5.38. The van der Waals surface area contributed by atoms with Crippen molar-refractivity contribution in [3.8, 4) is 0 Å². The molecule has 2 aromatic rings. The van der Waals surface area contributed by atoms with Gasteiger partial charge in [0.1, 0.15) is 0 Å². The van der Waals surface area contributed by atoms with E-state index in [2.05, 4.69) is 39.6 Å². The first-order valence-corrected chi connectivity index (χ1v) is 8.70. The van der Waals surface area contributed by atoms with Crippen molar-refractivity contribution in [2.75, 3.05) is 26.3 Å². The van der Waals surface area contributed by atoms with E-state index in [4.69, 9.17) is 4.74 Å². The van der Waals surface area contributed by atoms with Crippen LogP contribution in [0.5, 0.6) is 0 Å². The minimum absolute atomic E-state index is 0.000504. The molecule has 2 atom stereocenters. The number of carbonyl (C=O) groups excluding carboxylic acids is 1. The Morgan fingerprint density at radius 2 is 2.17 bits per heavy atom. The standard InChI is InChI=1S/C17H21N3O2S/c1-13(19-17(21)14-4-2-6-18-12-14)16(15-5-3-11-23-15)20-7-9-22-10-8-20/h2-6,11-13,16H,7-10H2,1H3,(H,19,21)/t13-,16-/m1/s1. The Balaban J connectivity index is 1.75. The van der Waals surface area contributed by atoms with E-state index in [-0.39, 0.29) is 18.0 Å². The van der Waals surface area contributed by atoms with E-state index in [1.165, 1.54) is 4.88 Å². The molecule has 2 aromatic heterocycles. The molecule has 0 spiro atoms. The molecular weight excluding hydrogens is 310 g/mol. The minimum atomic E-state index is -0.0829. The highest BCUT2D eigenvalue weighted by Crippen LogP contribution is 2.29. The number of pyridine rings is 1. The first kappa shape index (κ1) is 16.1. The summed E-state index contributed by atoms with van der Waals surface area (Å²) in [5.41, 5.74) is 0.589. The number of nitrogens with one attached hydrogen (secondary N) is 1. The zero-order valence-electron chi connectivity index (χ0n) is 13.1. The topological polar surface area (TPSA) is 54.5 Å². The molecule has 0 saturated carbocycles. The average molecular weight is 331 g/mol. The number of carbonyl (C=O) groups is 1. The van der Waals surface area contributed by atoms with Gasteiger partial charge in [-0.05, 0) is 30.5 Å². The van der Waals surface area contributed by atoms with Gasteiger partial charge in [0.25, 0.3) is 5.91 Å². The summed E-state index contributed by atoms with van der Waals surface area (Å²) in [5.74, 6) is -0.0829. The zero-order valence-corrected chi connectivity index (χ0v) is 14.0. The Bertz CT molecular complexity index is 612. The number of aromatic nitrogens is 1. The first-order chi connectivity index (χ1) is 11.3. The van der Waals surface area contributed by atoms with E-state index in [9.17, 15) is 4.79 Å². The molecule has 1 aliphatic rings. The van der Waals surface area contributed by atoms with Crippen molar-refractivity contribution in [1.82, 2.24) is 15.2 Å². The van der Waals surface area contributed by atoms with Gasteiger partial charge in [0.15, 0.2) is 0 Å². The molecule has 1 saturated heterocycles. The van der Waals surface area contributed by atoms with Crippen molar-refractivity contribution >= 4 is 17.2 Å². The van der Waals surface area contributed by atoms with Gasteiger partial charge in [-0.1, -0.05) is 6.07 Å². The number of nitrogens with zero attached hydrogens (tertiary/aromatic N) is 2. The van der Waals surface area contributed by atoms with Crippen LogP contribution in [0.1, 0.15) is 28.2 Å². The molecule has 3 rings (SSSR count). The van der Waals surface area contributed by atoms with E-state index in [1.807, 2.05) is 0 Å². The number of thiophene rings is 1. The predicted octanol–water partition coefficient (Wildman–Crippen LogP) is 2.33. The molecular formula is C17H21N3O2S. The first-order valence-electron chi connectivity index (χ1n) is 7.82. The van der Waals surface area contributed by atoms with Crippen LogP contribution in [0.25, 0.3) is 0 Å². The van der Waals surface area contributed by atoms with Crippen LogP contribution in [0.15, 0.2) is 42.0 Å². The minimum Gasteiger partial charge on any atom is -0.379 e. The maximum atomic E-state index is 12.4. The van der Waals surface area contributed by atoms with Crippen molar-refractivity contribution in [1.29, 1.82) is 0 Å². The highest BCUT2D eigenvalue weighted by Gasteiger charge is 2.29. The summed E-state index contributed by atoms with van der Waals surface area (Å²) in [4.78, 5) is 20.1. The fourth-order valence-corrected chi connectivity index (χ4v) is 3.89. The Morgan fingerprint density at radius 1 is 1.35 bits per heavy atom. The van der Waals surface area contributed by atoms with Crippen LogP contribution < -0.4 is 5.32 Å². The molecule has 1 N–H and O–H groups in total. The summed E-state index contributed by atoms with van der Waals surface area (Å²) >= 11 is 1.73. The van der Waals surface area contributed by atoms with Gasteiger partial charge in [0.2, 0.25) is 0 Å². The van der Waals surface area contributed by atoms with Crippen LogP contribution in [-0.4, -0.2) is 48.1 Å². The molecule has 0 aliphatic carbocycles. The fourth-order valence-electron chi connectivity index (χ4n) is 2.92. The molecule has 23 heavy (non-hydrogen) atoms. The van der Waals surface area contributed by atoms with Gasteiger partial charge in [0.05, 0.1) is 24.8 Å². The monoisotopic (exact) mass is 331 g/mol. The van der Waals surface area contributed by atoms with Crippen molar-refractivity contribution in [2.24, 2.45) is 0 Å². The van der Waals surface area contributed by atoms with Gasteiger partial charge in [-0.2, -0.15) is 0 Å². The van der Waals surface area contributed by atoms with E-state index in [0.717, 1.165) is 26.3 Å². The van der Waals surface area contributed by atoms with Crippen molar-refractivity contribution in [3.63, 3.8) is 0 Å². The molecule has 5 nitrogen and oxygen atoms in total. The van der Waals surface area contributed by atoms with Crippen LogP contribution in [0.4, 0.5) is 0 Å². The van der Waals surface area contributed by atoms with Gasteiger partial charge >= 0.3 is 0 Å². The van der Waals surface area contributed by atoms with Gasteiger partial charge < -0.3 is 10.1 Å². The molecule has 1 amide bonds. The summed E-state index contributed by atoms with van der Waals surface area (Å²) in [5, 5.41) is 5.21. The zero-order chi connectivity index (χ0) is 16.1. The predicted molar refractivity (Wildman–Crippen MR) is 90.6 cm³/mol. The number of hydrogen-bond donors (Lipinski definition) is 1. The lowest BCUT2D eigenvalue weighted by atomic mass is 10.0. The van der Waals surface area contributed by atoms with Gasteiger partial charge in [-0.15, -0.1) is 11.3 Å². The number of hydrogen-bond acceptors (Lipinski definition) is 5. The average Bonchev–Trinajstić information content (AvgIpc) is 3.11. The largest absolute Gasteiger partial charge is 0.379 e. The molecule has 1 fully saturated rings. The Hall–Kier alpha value is -1.76. The summed E-state index contributed by atoms with van der Waals surface area (Å²) in [6.45, 7) is 5.32. The molecule has 0 bridgehead atoms. The molecule has 0 radical (unpaired) electrons. The molecule has 1 aliphatic heterocycles. The lowest BCUT2D eigenvalue weighted by molar-refractivity contribution is 0.00969. The number of amides is 1. The van der Waals surface area contributed by atoms with Crippen LogP contribution in [-0.2, 0) is 4.74 Å². The molecule has 6 heteroatoms. The van der Waals surface area contributed by atoms with Crippen molar-refractivity contribution < 1.29 is 9.53 Å². The molecule has 3 heterocycles. The summed E-state index contributed by atoms with van der Waals surface area (Å²) in [6, 6.07) is 7.92.